The molecule has 1 unspecified atom stereocenters. The van der Waals surface area contributed by atoms with E-state index in [9.17, 15) is 9.18 Å². The number of hydrogen-bond acceptors (Lipinski definition) is 5. The third-order valence-electron chi connectivity index (χ3n) is 4.47. The lowest BCUT2D eigenvalue weighted by molar-refractivity contribution is 0.0692. The van der Waals surface area contributed by atoms with E-state index < -0.39 is 0 Å². The molecule has 3 aromatic rings. The molecule has 1 atom stereocenters. The number of nitrogens with zero attached hydrogens (tertiary/aromatic N) is 4. The van der Waals surface area contributed by atoms with Crippen LogP contribution in [0.15, 0.2) is 53.1 Å². The molecule has 1 aliphatic rings. The van der Waals surface area contributed by atoms with Gasteiger partial charge < -0.3 is 9.32 Å². The van der Waals surface area contributed by atoms with Crippen LogP contribution in [-0.4, -0.2) is 39.1 Å². The normalized spacial score (nSPS) is 17.3. The number of piperidine rings is 1. The maximum Gasteiger partial charge on any atom is 0.272 e. The third-order valence-corrected chi connectivity index (χ3v) is 4.47. The molecule has 0 N–H and O–H groups in total. The van der Waals surface area contributed by atoms with Crippen LogP contribution in [0.1, 0.15) is 35.1 Å². The van der Waals surface area contributed by atoms with Gasteiger partial charge in [0.05, 0.1) is 5.92 Å². The molecule has 1 fully saturated rings. The molecule has 132 valence electrons. The van der Waals surface area contributed by atoms with Crippen molar-refractivity contribution in [3.8, 4) is 11.5 Å². The molecule has 0 spiro atoms. The summed E-state index contributed by atoms with van der Waals surface area (Å²) in [5, 5.41) is 8.21. The minimum atomic E-state index is -0.315. The SMILES string of the molecule is O=C(c1ccccn1)N1CCCC(c2nnc(-c3ccc(F)cc3)o2)C1. The van der Waals surface area contributed by atoms with Gasteiger partial charge in [0.15, 0.2) is 0 Å². The van der Waals surface area contributed by atoms with Crippen molar-refractivity contribution in [3.05, 3.63) is 66.1 Å². The second-order valence-corrected chi connectivity index (χ2v) is 6.26. The van der Waals surface area contributed by atoms with E-state index in [2.05, 4.69) is 15.2 Å². The first-order chi connectivity index (χ1) is 12.7. The second-order valence-electron chi connectivity index (χ2n) is 6.26. The molecule has 1 saturated heterocycles. The molecule has 0 aliphatic carbocycles. The predicted molar refractivity (Wildman–Crippen MR) is 91.8 cm³/mol. The standard InChI is InChI=1S/C19H17FN4O2/c20-15-8-6-13(7-9-15)17-22-23-18(26-17)14-4-3-11-24(12-14)19(25)16-5-1-2-10-21-16/h1-2,5-10,14H,3-4,11-12H2. The summed E-state index contributed by atoms with van der Waals surface area (Å²) in [6, 6.07) is 11.2. The van der Waals surface area contributed by atoms with Crippen molar-refractivity contribution < 1.29 is 13.6 Å². The van der Waals surface area contributed by atoms with E-state index in [-0.39, 0.29) is 17.6 Å². The first-order valence-corrected chi connectivity index (χ1v) is 8.50. The Bertz CT molecular complexity index is 895. The lowest BCUT2D eigenvalue weighted by atomic mass is 9.97. The summed E-state index contributed by atoms with van der Waals surface area (Å²) in [6.45, 7) is 1.20. The molecule has 4 rings (SSSR count). The monoisotopic (exact) mass is 352 g/mol. The Balaban J connectivity index is 1.50. The zero-order valence-electron chi connectivity index (χ0n) is 14.0. The molecule has 3 heterocycles. The fraction of sp³-hybridized carbons (Fsp3) is 0.263. The van der Waals surface area contributed by atoms with Crippen molar-refractivity contribution in [2.24, 2.45) is 0 Å². The van der Waals surface area contributed by atoms with Gasteiger partial charge in [0.25, 0.3) is 5.91 Å². The number of likely N-dealkylation sites (tertiary alicyclic amines) is 1. The Morgan fingerprint density at radius 1 is 1.15 bits per heavy atom. The topological polar surface area (TPSA) is 72.1 Å². The molecule has 2 aromatic heterocycles. The number of hydrogen-bond donors (Lipinski definition) is 0. The van der Waals surface area contributed by atoms with Gasteiger partial charge in [-0.05, 0) is 49.2 Å². The lowest BCUT2D eigenvalue weighted by Crippen LogP contribution is -2.39. The summed E-state index contributed by atoms with van der Waals surface area (Å²) in [6.07, 6.45) is 3.34. The Morgan fingerprint density at radius 2 is 2.00 bits per heavy atom. The molecule has 0 bridgehead atoms. The van der Waals surface area contributed by atoms with E-state index >= 15 is 0 Å². The summed E-state index contributed by atoms with van der Waals surface area (Å²) >= 11 is 0. The molecule has 0 radical (unpaired) electrons. The van der Waals surface area contributed by atoms with Gasteiger partial charge in [-0.1, -0.05) is 6.07 Å². The number of carbonyl (C=O) groups is 1. The van der Waals surface area contributed by atoms with Crippen molar-refractivity contribution in [2.45, 2.75) is 18.8 Å². The van der Waals surface area contributed by atoms with Crippen LogP contribution in [0.25, 0.3) is 11.5 Å². The fourth-order valence-electron chi connectivity index (χ4n) is 3.12. The van der Waals surface area contributed by atoms with Crippen LogP contribution in [0.4, 0.5) is 4.39 Å². The van der Waals surface area contributed by atoms with Gasteiger partial charge >= 0.3 is 0 Å². The molecule has 26 heavy (non-hydrogen) atoms. The minimum Gasteiger partial charge on any atom is -0.420 e. The fourth-order valence-corrected chi connectivity index (χ4v) is 3.12. The van der Waals surface area contributed by atoms with Crippen molar-refractivity contribution in [1.29, 1.82) is 0 Å². The highest BCUT2D eigenvalue weighted by Crippen LogP contribution is 2.29. The van der Waals surface area contributed by atoms with E-state index in [0.717, 1.165) is 12.8 Å². The smallest absolute Gasteiger partial charge is 0.272 e. The number of amides is 1. The van der Waals surface area contributed by atoms with Gasteiger partial charge in [0.1, 0.15) is 11.5 Å². The van der Waals surface area contributed by atoms with Crippen molar-refractivity contribution in [2.75, 3.05) is 13.1 Å². The lowest BCUT2D eigenvalue weighted by Gasteiger charge is -2.30. The largest absolute Gasteiger partial charge is 0.420 e. The zero-order valence-corrected chi connectivity index (χ0v) is 14.0. The summed E-state index contributed by atoms with van der Waals surface area (Å²) in [4.78, 5) is 18.5. The van der Waals surface area contributed by atoms with Crippen LogP contribution < -0.4 is 0 Å². The highest BCUT2D eigenvalue weighted by molar-refractivity contribution is 5.92. The highest BCUT2D eigenvalue weighted by atomic mass is 19.1. The zero-order chi connectivity index (χ0) is 17.9. The molecular formula is C19H17FN4O2. The van der Waals surface area contributed by atoms with Gasteiger partial charge in [-0.25, -0.2) is 4.39 Å². The maximum absolute atomic E-state index is 13.0. The number of carbonyl (C=O) groups excluding carboxylic acids is 1. The molecule has 1 amide bonds. The molecule has 1 aliphatic heterocycles. The van der Waals surface area contributed by atoms with Crippen LogP contribution in [0.2, 0.25) is 0 Å². The molecular weight excluding hydrogens is 335 g/mol. The minimum absolute atomic E-state index is 0.0156. The van der Waals surface area contributed by atoms with E-state index in [0.29, 0.717) is 36.1 Å². The Kier molecular flexibility index (Phi) is 4.43. The van der Waals surface area contributed by atoms with Crippen molar-refractivity contribution in [1.82, 2.24) is 20.1 Å². The quantitative estimate of drug-likeness (QED) is 0.723. The Hall–Kier alpha value is -3.09. The summed E-state index contributed by atoms with van der Waals surface area (Å²) in [5.41, 5.74) is 1.10. The summed E-state index contributed by atoms with van der Waals surface area (Å²) in [7, 11) is 0. The number of benzene rings is 1. The van der Waals surface area contributed by atoms with Crippen LogP contribution in [0.3, 0.4) is 0 Å². The van der Waals surface area contributed by atoms with Gasteiger partial charge in [-0.3, -0.25) is 9.78 Å². The third kappa shape index (κ3) is 3.33. The first-order valence-electron chi connectivity index (χ1n) is 8.50. The van der Waals surface area contributed by atoms with Crippen LogP contribution in [0, 0.1) is 5.82 Å². The average molecular weight is 352 g/mol. The molecule has 1 aromatic carbocycles. The summed E-state index contributed by atoms with van der Waals surface area (Å²) < 4.78 is 18.8. The number of pyridine rings is 1. The van der Waals surface area contributed by atoms with Gasteiger partial charge in [0, 0.05) is 24.8 Å². The molecule has 0 saturated carbocycles. The van der Waals surface area contributed by atoms with Gasteiger partial charge in [-0.15, -0.1) is 10.2 Å². The summed E-state index contributed by atoms with van der Waals surface area (Å²) in [5.74, 6) is 0.437. The first kappa shape index (κ1) is 16.4. The van der Waals surface area contributed by atoms with Gasteiger partial charge in [-0.2, -0.15) is 0 Å². The number of aromatic nitrogens is 3. The maximum atomic E-state index is 13.0. The number of rotatable bonds is 3. The van der Waals surface area contributed by atoms with E-state index in [1.807, 2.05) is 0 Å². The van der Waals surface area contributed by atoms with Crippen molar-refractivity contribution >= 4 is 5.91 Å². The van der Waals surface area contributed by atoms with Crippen LogP contribution in [0.5, 0.6) is 0 Å². The van der Waals surface area contributed by atoms with E-state index in [4.69, 9.17) is 4.42 Å². The Labute approximate surface area is 149 Å². The molecule has 6 nitrogen and oxygen atoms in total. The highest BCUT2D eigenvalue weighted by Gasteiger charge is 2.29. The molecule has 7 heteroatoms. The Morgan fingerprint density at radius 3 is 2.77 bits per heavy atom. The van der Waals surface area contributed by atoms with Crippen LogP contribution >= 0.6 is 0 Å². The van der Waals surface area contributed by atoms with Gasteiger partial charge in [0.2, 0.25) is 11.8 Å². The van der Waals surface area contributed by atoms with E-state index in [1.54, 1.807) is 41.4 Å². The number of halogens is 1. The van der Waals surface area contributed by atoms with Crippen LogP contribution in [-0.2, 0) is 0 Å². The van der Waals surface area contributed by atoms with E-state index in [1.165, 1.54) is 12.1 Å². The second kappa shape index (κ2) is 7.03. The van der Waals surface area contributed by atoms with Crippen molar-refractivity contribution in [3.63, 3.8) is 0 Å². The predicted octanol–water partition coefficient (Wildman–Crippen LogP) is 3.29. The average Bonchev–Trinajstić information content (AvgIpc) is 3.19.